The molecule has 0 fully saturated rings. The van der Waals surface area contributed by atoms with Crippen molar-refractivity contribution in [3.05, 3.63) is 41.0 Å². The predicted molar refractivity (Wildman–Crippen MR) is 81.3 cm³/mol. The molecule has 0 aliphatic carbocycles. The molecule has 114 valence electrons. The van der Waals surface area contributed by atoms with Gasteiger partial charge in [-0.3, -0.25) is 4.79 Å². The maximum atomic E-state index is 12.1. The van der Waals surface area contributed by atoms with E-state index in [1.54, 1.807) is 19.2 Å². The first-order chi connectivity index (χ1) is 9.73. The maximum Gasteiger partial charge on any atom is 0.328 e. The Morgan fingerprint density at radius 3 is 2.57 bits per heavy atom. The molecular formula is C16H21NO4. The summed E-state index contributed by atoms with van der Waals surface area (Å²) in [5.74, 6) is -1.24. The largest absolute Gasteiger partial charge is 0.478 e. The Morgan fingerprint density at radius 1 is 1.33 bits per heavy atom. The van der Waals surface area contributed by atoms with Crippen LogP contribution in [-0.4, -0.2) is 36.2 Å². The Hall–Kier alpha value is -2.14. The van der Waals surface area contributed by atoms with Crippen molar-refractivity contribution in [3.63, 3.8) is 0 Å². The summed E-state index contributed by atoms with van der Waals surface area (Å²) in [5, 5.41) is 11.4. The summed E-state index contributed by atoms with van der Waals surface area (Å²) in [6.07, 6.45) is 2.51. The number of benzene rings is 1. The third-order valence-corrected chi connectivity index (χ3v) is 3.01. The Morgan fingerprint density at radius 2 is 2.00 bits per heavy atom. The van der Waals surface area contributed by atoms with E-state index in [9.17, 15) is 9.59 Å². The molecule has 0 aliphatic heterocycles. The van der Waals surface area contributed by atoms with E-state index in [-0.39, 0.29) is 5.91 Å². The number of carbonyl (C=O) groups is 2. The van der Waals surface area contributed by atoms with Gasteiger partial charge in [0.05, 0.1) is 5.60 Å². The third-order valence-electron chi connectivity index (χ3n) is 3.01. The molecule has 0 saturated carbocycles. The van der Waals surface area contributed by atoms with E-state index in [0.717, 1.165) is 11.6 Å². The summed E-state index contributed by atoms with van der Waals surface area (Å²) in [7, 11) is 1.59. The summed E-state index contributed by atoms with van der Waals surface area (Å²) in [6, 6.07) is 5.23. The Balaban J connectivity index is 2.87. The van der Waals surface area contributed by atoms with Crippen LogP contribution in [0.2, 0.25) is 0 Å². The number of aliphatic carboxylic acids is 1. The first kappa shape index (κ1) is 16.9. The van der Waals surface area contributed by atoms with E-state index >= 15 is 0 Å². The maximum absolute atomic E-state index is 12.1. The summed E-state index contributed by atoms with van der Waals surface area (Å²) in [5.41, 5.74) is 1.62. The SMILES string of the molecule is COC(C)(C)CNC(=O)c1cc(C)cc(/C=C/C(=O)O)c1. The third kappa shape index (κ3) is 5.79. The van der Waals surface area contributed by atoms with Crippen LogP contribution in [0.5, 0.6) is 0 Å². The molecule has 0 heterocycles. The van der Waals surface area contributed by atoms with E-state index in [4.69, 9.17) is 9.84 Å². The van der Waals surface area contributed by atoms with Crippen LogP contribution in [0, 0.1) is 6.92 Å². The van der Waals surface area contributed by atoms with Gasteiger partial charge in [0.2, 0.25) is 0 Å². The van der Waals surface area contributed by atoms with Gasteiger partial charge < -0.3 is 15.2 Å². The molecule has 5 heteroatoms. The lowest BCUT2D eigenvalue weighted by molar-refractivity contribution is -0.131. The van der Waals surface area contributed by atoms with Gasteiger partial charge in [0, 0.05) is 25.3 Å². The van der Waals surface area contributed by atoms with Gasteiger partial charge in [0.1, 0.15) is 0 Å². The minimum Gasteiger partial charge on any atom is -0.478 e. The first-order valence-electron chi connectivity index (χ1n) is 6.59. The second kappa shape index (κ2) is 7.04. The first-order valence-corrected chi connectivity index (χ1v) is 6.59. The summed E-state index contributed by atoms with van der Waals surface area (Å²) in [4.78, 5) is 22.7. The molecule has 0 saturated heterocycles. The highest BCUT2D eigenvalue weighted by Crippen LogP contribution is 2.12. The molecule has 1 aromatic rings. The summed E-state index contributed by atoms with van der Waals surface area (Å²) in [6.45, 7) is 6.00. The molecule has 0 bridgehead atoms. The number of methoxy groups -OCH3 is 1. The standard InChI is InChI=1S/C16H21NO4/c1-11-7-12(5-6-14(18)19)9-13(8-11)15(20)17-10-16(2,3)21-4/h5-9H,10H2,1-4H3,(H,17,20)(H,18,19)/b6-5+. The monoisotopic (exact) mass is 291 g/mol. The average molecular weight is 291 g/mol. The molecule has 0 spiro atoms. The van der Waals surface area contributed by atoms with Crippen LogP contribution >= 0.6 is 0 Å². The van der Waals surface area contributed by atoms with E-state index < -0.39 is 11.6 Å². The lowest BCUT2D eigenvalue weighted by atomic mass is 10.0. The van der Waals surface area contributed by atoms with Crippen LogP contribution in [0.1, 0.15) is 35.3 Å². The molecule has 0 atom stereocenters. The summed E-state index contributed by atoms with van der Waals surface area (Å²) >= 11 is 0. The van der Waals surface area contributed by atoms with Crippen LogP contribution in [0.3, 0.4) is 0 Å². The van der Waals surface area contributed by atoms with Crippen molar-refractivity contribution in [1.82, 2.24) is 5.32 Å². The van der Waals surface area contributed by atoms with Crippen LogP contribution in [-0.2, 0) is 9.53 Å². The molecule has 5 nitrogen and oxygen atoms in total. The second-order valence-corrected chi connectivity index (χ2v) is 5.45. The molecule has 2 N–H and O–H groups in total. The molecular weight excluding hydrogens is 270 g/mol. The van der Waals surface area contributed by atoms with Gasteiger partial charge in [-0.1, -0.05) is 6.07 Å². The van der Waals surface area contributed by atoms with Crippen molar-refractivity contribution < 1.29 is 19.4 Å². The number of aryl methyl sites for hydroxylation is 1. The smallest absolute Gasteiger partial charge is 0.328 e. The quantitative estimate of drug-likeness (QED) is 0.788. The fourth-order valence-electron chi connectivity index (χ4n) is 1.67. The van der Waals surface area contributed by atoms with Gasteiger partial charge in [-0.25, -0.2) is 4.79 Å². The molecule has 1 aromatic carbocycles. The van der Waals surface area contributed by atoms with Gasteiger partial charge in [-0.05, 0) is 50.1 Å². The topological polar surface area (TPSA) is 75.6 Å². The average Bonchev–Trinajstić information content (AvgIpc) is 2.42. The highest BCUT2D eigenvalue weighted by molar-refractivity contribution is 5.95. The van der Waals surface area contributed by atoms with Crippen LogP contribution in [0.15, 0.2) is 24.3 Å². The predicted octanol–water partition coefficient (Wildman–Crippen LogP) is 2.25. The lowest BCUT2D eigenvalue weighted by Gasteiger charge is -2.23. The zero-order valence-corrected chi connectivity index (χ0v) is 12.8. The Bertz CT molecular complexity index is 561. The lowest BCUT2D eigenvalue weighted by Crippen LogP contribution is -2.39. The molecule has 1 rings (SSSR count). The normalized spacial score (nSPS) is 11.6. The van der Waals surface area contributed by atoms with Gasteiger partial charge >= 0.3 is 5.97 Å². The number of carbonyl (C=O) groups excluding carboxylic acids is 1. The van der Waals surface area contributed by atoms with E-state index in [0.29, 0.717) is 17.7 Å². The van der Waals surface area contributed by atoms with Crippen molar-refractivity contribution in [2.24, 2.45) is 0 Å². The Kier molecular flexibility index (Phi) is 5.67. The zero-order valence-electron chi connectivity index (χ0n) is 12.8. The van der Waals surface area contributed by atoms with E-state index in [2.05, 4.69) is 5.32 Å². The number of nitrogens with one attached hydrogen (secondary N) is 1. The minimum atomic E-state index is -1.02. The van der Waals surface area contributed by atoms with Crippen molar-refractivity contribution >= 4 is 18.0 Å². The Labute approximate surface area is 124 Å². The van der Waals surface area contributed by atoms with E-state index in [1.165, 1.54) is 6.08 Å². The number of carboxylic acids is 1. The fraction of sp³-hybridized carbons (Fsp3) is 0.375. The van der Waals surface area contributed by atoms with Gasteiger partial charge in [-0.2, -0.15) is 0 Å². The van der Waals surface area contributed by atoms with Crippen molar-refractivity contribution in [2.75, 3.05) is 13.7 Å². The minimum absolute atomic E-state index is 0.214. The highest BCUT2D eigenvalue weighted by atomic mass is 16.5. The van der Waals surface area contributed by atoms with Crippen molar-refractivity contribution in [2.45, 2.75) is 26.4 Å². The van der Waals surface area contributed by atoms with Crippen molar-refractivity contribution in [3.8, 4) is 0 Å². The highest BCUT2D eigenvalue weighted by Gasteiger charge is 2.18. The van der Waals surface area contributed by atoms with Gasteiger partial charge in [0.25, 0.3) is 5.91 Å². The number of amides is 1. The van der Waals surface area contributed by atoms with Crippen LogP contribution in [0.25, 0.3) is 6.08 Å². The molecule has 0 aliphatic rings. The molecule has 0 unspecified atom stereocenters. The van der Waals surface area contributed by atoms with Crippen LogP contribution < -0.4 is 5.32 Å². The second-order valence-electron chi connectivity index (χ2n) is 5.45. The molecule has 0 radical (unpaired) electrons. The number of carboxylic acid groups (broad SMARTS) is 1. The number of hydrogen-bond donors (Lipinski definition) is 2. The molecule has 1 amide bonds. The van der Waals surface area contributed by atoms with Crippen molar-refractivity contribution in [1.29, 1.82) is 0 Å². The molecule has 0 aromatic heterocycles. The molecule has 21 heavy (non-hydrogen) atoms. The van der Waals surface area contributed by atoms with Gasteiger partial charge in [0.15, 0.2) is 0 Å². The van der Waals surface area contributed by atoms with Crippen LogP contribution in [0.4, 0.5) is 0 Å². The number of hydrogen-bond acceptors (Lipinski definition) is 3. The number of rotatable bonds is 6. The zero-order chi connectivity index (χ0) is 16.0. The fourth-order valence-corrected chi connectivity index (χ4v) is 1.67. The van der Waals surface area contributed by atoms with E-state index in [1.807, 2.05) is 26.8 Å². The number of ether oxygens (including phenoxy) is 1. The van der Waals surface area contributed by atoms with Gasteiger partial charge in [-0.15, -0.1) is 0 Å². The summed E-state index contributed by atoms with van der Waals surface area (Å²) < 4.78 is 5.25.